The van der Waals surface area contributed by atoms with Crippen molar-refractivity contribution in [1.29, 1.82) is 0 Å². The molecule has 0 unspecified atom stereocenters. The molecule has 4 aromatic rings. The predicted molar refractivity (Wildman–Crippen MR) is 171 cm³/mol. The molecule has 0 atom stereocenters. The van der Waals surface area contributed by atoms with E-state index in [0.29, 0.717) is 54.0 Å². The Bertz CT molecular complexity index is 1740. The summed E-state index contributed by atoms with van der Waals surface area (Å²) in [5, 5.41) is 3.24. The summed E-state index contributed by atoms with van der Waals surface area (Å²) >= 11 is 0. The number of carbonyl (C=O) groups is 2. The highest BCUT2D eigenvalue weighted by Gasteiger charge is 2.27. The number of nitrogens with one attached hydrogen (secondary N) is 1. The number of piperidine rings is 1. The van der Waals surface area contributed by atoms with E-state index >= 15 is 0 Å². The average Bonchev–Trinajstić information content (AvgIpc) is 3.45. The molecule has 2 amide bonds. The van der Waals surface area contributed by atoms with Gasteiger partial charge in [-0.15, -0.1) is 0 Å². The fourth-order valence-corrected chi connectivity index (χ4v) is 5.63. The fourth-order valence-electron chi connectivity index (χ4n) is 5.63. The molecule has 0 saturated carbocycles. The number of hydrogen-bond donors (Lipinski definition) is 1. The maximum atomic E-state index is 14.8. The van der Waals surface area contributed by atoms with E-state index < -0.39 is 17.2 Å². The van der Waals surface area contributed by atoms with Crippen molar-refractivity contribution < 1.29 is 27.8 Å². The molecule has 1 aliphatic heterocycles. The van der Waals surface area contributed by atoms with Crippen molar-refractivity contribution in [3.8, 4) is 17.0 Å². The molecule has 0 aliphatic carbocycles. The number of aryl methyl sites for hydroxylation is 1. The molecule has 1 fully saturated rings. The smallest absolute Gasteiger partial charge is 0.410 e. The molecule has 1 aliphatic rings. The molecular weight excluding hydrogens is 594 g/mol. The number of imidazole rings is 1. The van der Waals surface area contributed by atoms with Gasteiger partial charge in [0.1, 0.15) is 5.60 Å². The van der Waals surface area contributed by atoms with Crippen molar-refractivity contribution in [3.05, 3.63) is 71.7 Å². The van der Waals surface area contributed by atoms with Gasteiger partial charge in [-0.05, 0) is 88.8 Å². The van der Waals surface area contributed by atoms with Gasteiger partial charge < -0.3 is 24.6 Å². The zero-order valence-electron chi connectivity index (χ0n) is 27.1. The van der Waals surface area contributed by atoms with Gasteiger partial charge in [-0.25, -0.2) is 19.2 Å². The van der Waals surface area contributed by atoms with E-state index in [9.17, 15) is 18.4 Å². The fraction of sp³-hybridized carbons (Fsp3) is 0.412. The molecule has 12 heteroatoms. The molecule has 244 valence electrons. The summed E-state index contributed by atoms with van der Waals surface area (Å²) in [5.74, 6) is -1.51. The lowest BCUT2D eigenvalue weighted by Crippen LogP contribution is -2.42. The molecule has 10 nitrogen and oxygen atoms in total. The monoisotopic (exact) mass is 634 g/mol. The standard InChI is InChI=1S/C34H40F2N6O4/c1-21-19-23(39-30-31-38-20-26(42(31)18-14-37-30)25-9-10-27(45-6)29(36)28(25)35)7-8-24(21)32(43)40(5)15-11-22-12-16-41(17-13-22)33(44)46-34(2,3)4/h7-10,14,18-20,22H,11-13,15-17H2,1-6H3,(H,37,39). The number of nitrogens with zero attached hydrogens (tertiary/aromatic N) is 5. The minimum Gasteiger partial charge on any atom is -0.494 e. The average molecular weight is 635 g/mol. The molecule has 0 bridgehead atoms. The third kappa shape index (κ3) is 7.05. The van der Waals surface area contributed by atoms with Gasteiger partial charge in [0.2, 0.25) is 5.82 Å². The lowest BCUT2D eigenvalue weighted by atomic mass is 9.93. The van der Waals surface area contributed by atoms with Crippen molar-refractivity contribution >= 4 is 29.2 Å². The zero-order chi connectivity index (χ0) is 33.2. The number of amides is 2. The first-order valence-corrected chi connectivity index (χ1v) is 15.3. The van der Waals surface area contributed by atoms with Gasteiger partial charge in [0.25, 0.3) is 5.91 Å². The van der Waals surface area contributed by atoms with Crippen molar-refractivity contribution in [1.82, 2.24) is 24.2 Å². The van der Waals surface area contributed by atoms with Crippen LogP contribution in [0.15, 0.2) is 48.9 Å². The molecule has 2 aromatic heterocycles. The Morgan fingerprint density at radius 3 is 2.50 bits per heavy atom. The number of carbonyl (C=O) groups excluding carboxylic acids is 2. The first-order chi connectivity index (χ1) is 21.9. The number of hydrogen-bond acceptors (Lipinski definition) is 7. The predicted octanol–water partition coefficient (Wildman–Crippen LogP) is 6.84. The molecule has 46 heavy (non-hydrogen) atoms. The summed E-state index contributed by atoms with van der Waals surface area (Å²) in [6.45, 7) is 9.40. The topological polar surface area (TPSA) is 101 Å². The minimum absolute atomic E-state index is 0.0389. The maximum Gasteiger partial charge on any atom is 0.410 e. The summed E-state index contributed by atoms with van der Waals surface area (Å²) in [5.41, 5.74) is 2.38. The van der Waals surface area contributed by atoms with Crippen LogP contribution in [0.4, 0.5) is 25.1 Å². The first kappa shape index (κ1) is 32.6. The summed E-state index contributed by atoms with van der Waals surface area (Å²) in [6, 6.07) is 8.26. The third-order valence-electron chi connectivity index (χ3n) is 8.18. The van der Waals surface area contributed by atoms with Crippen LogP contribution >= 0.6 is 0 Å². The molecule has 1 saturated heterocycles. The lowest BCUT2D eigenvalue weighted by Gasteiger charge is -2.34. The summed E-state index contributed by atoms with van der Waals surface area (Å²) in [7, 11) is 3.09. The van der Waals surface area contributed by atoms with E-state index in [2.05, 4.69) is 15.3 Å². The van der Waals surface area contributed by atoms with Crippen molar-refractivity contribution in [3.63, 3.8) is 0 Å². The van der Waals surface area contributed by atoms with Crippen LogP contribution < -0.4 is 10.1 Å². The van der Waals surface area contributed by atoms with Gasteiger partial charge >= 0.3 is 6.09 Å². The number of benzene rings is 2. The number of anilines is 2. The van der Waals surface area contributed by atoms with Gasteiger partial charge in [0.05, 0.1) is 19.0 Å². The Morgan fingerprint density at radius 1 is 1.09 bits per heavy atom. The second kappa shape index (κ2) is 13.3. The molecule has 0 spiro atoms. The number of halogens is 2. The number of rotatable bonds is 8. The SMILES string of the molecule is COc1ccc(-c2cnc3c(Nc4ccc(C(=O)N(C)CCC5CCN(C(=O)OC(C)(C)C)CC5)c(C)c4)nccn23)c(F)c1F. The minimum atomic E-state index is -1.07. The molecule has 3 heterocycles. The highest BCUT2D eigenvalue weighted by molar-refractivity contribution is 5.96. The van der Waals surface area contributed by atoms with Gasteiger partial charge in [-0.3, -0.25) is 9.20 Å². The van der Waals surface area contributed by atoms with E-state index in [1.165, 1.54) is 25.4 Å². The molecule has 1 N–H and O–H groups in total. The van der Waals surface area contributed by atoms with Crippen LogP contribution in [-0.2, 0) is 4.74 Å². The number of ether oxygens (including phenoxy) is 2. The second-order valence-electron chi connectivity index (χ2n) is 12.6. The Balaban J connectivity index is 1.21. The second-order valence-corrected chi connectivity index (χ2v) is 12.6. The summed E-state index contributed by atoms with van der Waals surface area (Å²) < 4.78 is 41.2. The summed E-state index contributed by atoms with van der Waals surface area (Å²) in [4.78, 5) is 38.0. The van der Waals surface area contributed by atoms with E-state index in [4.69, 9.17) is 9.47 Å². The highest BCUT2D eigenvalue weighted by Crippen LogP contribution is 2.32. The van der Waals surface area contributed by atoms with E-state index in [1.54, 1.807) is 38.7 Å². The Kier molecular flexibility index (Phi) is 9.45. The van der Waals surface area contributed by atoms with Crippen LogP contribution in [0, 0.1) is 24.5 Å². The molecule has 2 aromatic carbocycles. The van der Waals surface area contributed by atoms with Gasteiger partial charge in [-0.1, -0.05) is 0 Å². The van der Waals surface area contributed by atoms with Crippen LogP contribution in [0.25, 0.3) is 16.9 Å². The van der Waals surface area contributed by atoms with Gasteiger partial charge in [0.15, 0.2) is 23.0 Å². The normalized spacial score (nSPS) is 14.0. The molecule has 5 rings (SSSR count). The Labute approximate surface area is 267 Å². The third-order valence-corrected chi connectivity index (χ3v) is 8.18. The number of fused-ring (bicyclic) bond motifs is 1. The Morgan fingerprint density at radius 2 is 1.83 bits per heavy atom. The number of aromatic nitrogens is 3. The lowest BCUT2D eigenvalue weighted by molar-refractivity contribution is 0.0179. The van der Waals surface area contributed by atoms with Crippen molar-refractivity contribution in [2.45, 2.75) is 52.6 Å². The van der Waals surface area contributed by atoms with Crippen LogP contribution in [0.5, 0.6) is 5.75 Å². The van der Waals surface area contributed by atoms with Crippen LogP contribution in [0.2, 0.25) is 0 Å². The van der Waals surface area contributed by atoms with Crippen LogP contribution in [0.3, 0.4) is 0 Å². The zero-order valence-corrected chi connectivity index (χ0v) is 27.1. The van der Waals surface area contributed by atoms with Gasteiger partial charge in [-0.2, -0.15) is 4.39 Å². The van der Waals surface area contributed by atoms with Gasteiger partial charge in [0, 0.05) is 55.9 Å². The van der Waals surface area contributed by atoms with Crippen molar-refractivity contribution in [2.75, 3.05) is 39.1 Å². The summed E-state index contributed by atoms with van der Waals surface area (Å²) in [6.07, 6.45) is 6.97. The first-order valence-electron chi connectivity index (χ1n) is 15.3. The van der Waals surface area contributed by atoms with Crippen LogP contribution in [0.1, 0.15) is 56.0 Å². The Hall–Kier alpha value is -4.74. The molecule has 0 radical (unpaired) electrons. The van der Waals surface area contributed by atoms with E-state index in [-0.39, 0.29) is 23.3 Å². The van der Waals surface area contributed by atoms with Crippen molar-refractivity contribution in [2.24, 2.45) is 5.92 Å². The molecular formula is C34H40F2N6O4. The highest BCUT2D eigenvalue weighted by atomic mass is 19.2. The number of methoxy groups -OCH3 is 1. The van der Waals surface area contributed by atoms with Crippen LogP contribution in [-0.4, -0.2) is 75.6 Å². The maximum absolute atomic E-state index is 14.8. The van der Waals surface area contributed by atoms with E-state index in [0.717, 1.165) is 24.8 Å². The quantitative estimate of drug-likeness (QED) is 0.226. The number of likely N-dealkylation sites (tertiary alicyclic amines) is 1. The largest absolute Gasteiger partial charge is 0.494 e. The van der Waals surface area contributed by atoms with E-state index in [1.807, 2.05) is 40.8 Å².